The molecule has 0 bridgehead atoms. The molecule has 0 aliphatic carbocycles. The summed E-state index contributed by atoms with van der Waals surface area (Å²) in [5.41, 5.74) is 1.03. The number of likely N-dealkylation sites (N-methyl/N-ethyl adjacent to an activating group) is 1. The highest BCUT2D eigenvalue weighted by Gasteiger charge is 2.47. The van der Waals surface area contributed by atoms with Gasteiger partial charge in [0.25, 0.3) is 5.91 Å². The highest BCUT2D eigenvalue weighted by atomic mass is 32.1. The molecule has 0 radical (unpaired) electrons. The third-order valence-electron chi connectivity index (χ3n) is 3.26. The van der Waals surface area contributed by atoms with Crippen molar-refractivity contribution >= 4 is 23.3 Å². The first-order chi connectivity index (χ1) is 7.74. The fraction of sp³-hybridized carbons (Fsp3) is 0.455. The molecule has 2 aliphatic heterocycles. The minimum Gasteiger partial charge on any atom is -0.308 e. The van der Waals surface area contributed by atoms with E-state index in [1.54, 1.807) is 16.2 Å². The van der Waals surface area contributed by atoms with Gasteiger partial charge in [0.05, 0.1) is 0 Å². The molecule has 0 N–H and O–H groups in total. The van der Waals surface area contributed by atoms with E-state index in [9.17, 15) is 9.59 Å². The van der Waals surface area contributed by atoms with Crippen LogP contribution in [0, 0.1) is 0 Å². The Kier molecular flexibility index (Phi) is 2.04. The second-order valence-corrected chi connectivity index (χ2v) is 5.01. The van der Waals surface area contributed by atoms with Gasteiger partial charge in [-0.2, -0.15) is 0 Å². The zero-order valence-corrected chi connectivity index (χ0v) is 9.79. The van der Waals surface area contributed by atoms with Crippen LogP contribution in [0.25, 0.3) is 0 Å². The van der Waals surface area contributed by atoms with Crippen molar-refractivity contribution in [1.29, 1.82) is 0 Å². The monoisotopic (exact) mass is 236 g/mol. The quantitative estimate of drug-likeness (QED) is 0.695. The fourth-order valence-electron chi connectivity index (χ4n) is 2.48. The van der Waals surface area contributed by atoms with Crippen LogP contribution in [0.4, 0.5) is 4.79 Å². The summed E-state index contributed by atoms with van der Waals surface area (Å²) in [6.45, 7) is 2.96. The molecule has 1 aromatic heterocycles. The number of imide groups is 1. The third kappa shape index (κ3) is 1.09. The number of hydrogen-bond donors (Lipinski definition) is 0. The van der Waals surface area contributed by atoms with Gasteiger partial charge in [-0.25, -0.2) is 4.79 Å². The van der Waals surface area contributed by atoms with Crippen molar-refractivity contribution in [3.8, 4) is 0 Å². The molecule has 1 unspecified atom stereocenters. The number of carbonyl (C=O) groups is 2. The topological polar surface area (TPSA) is 40.6 Å². The predicted octanol–water partition coefficient (Wildman–Crippen LogP) is 1.63. The third-order valence-corrected chi connectivity index (χ3v) is 4.26. The van der Waals surface area contributed by atoms with Gasteiger partial charge in [0.2, 0.25) is 0 Å². The number of rotatable bonds is 1. The van der Waals surface area contributed by atoms with Crippen LogP contribution in [-0.2, 0) is 11.2 Å². The molecule has 3 amide bonds. The number of nitrogens with zero attached hydrogens (tertiary/aromatic N) is 2. The van der Waals surface area contributed by atoms with Crippen LogP contribution in [0.1, 0.15) is 23.4 Å². The summed E-state index contributed by atoms with van der Waals surface area (Å²) in [7, 11) is 0. The summed E-state index contributed by atoms with van der Waals surface area (Å²) in [6.07, 6.45) is 0.875. The Balaban J connectivity index is 2.07. The minimum absolute atomic E-state index is 0.0631. The minimum atomic E-state index is -0.345. The van der Waals surface area contributed by atoms with Gasteiger partial charge in [0.1, 0.15) is 6.04 Å². The molecule has 1 aromatic rings. The fourth-order valence-corrected chi connectivity index (χ4v) is 3.38. The lowest BCUT2D eigenvalue weighted by molar-refractivity contribution is -0.128. The maximum atomic E-state index is 12.1. The lowest BCUT2D eigenvalue weighted by Crippen LogP contribution is -2.35. The van der Waals surface area contributed by atoms with E-state index in [2.05, 4.69) is 0 Å². The molecule has 5 heteroatoms. The van der Waals surface area contributed by atoms with E-state index in [1.807, 2.05) is 18.4 Å². The van der Waals surface area contributed by atoms with Crippen LogP contribution < -0.4 is 0 Å². The standard InChI is InChI=1S/C11H12N2O2S/c1-2-12-10(14)9-7-4-6-16-8(7)3-5-13(9)11(12)15/h4,6,9H,2-3,5H2,1H3. The molecule has 3 rings (SSSR count). The number of carbonyl (C=O) groups excluding carboxylic acids is 2. The van der Waals surface area contributed by atoms with Crippen LogP contribution in [0.5, 0.6) is 0 Å². The van der Waals surface area contributed by atoms with Crippen molar-refractivity contribution in [3.05, 3.63) is 21.9 Å². The maximum Gasteiger partial charge on any atom is 0.327 e. The highest BCUT2D eigenvalue weighted by Crippen LogP contribution is 2.38. The van der Waals surface area contributed by atoms with Gasteiger partial charge in [-0.1, -0.05) is 0 Å². The first-order valence-electron chi connectivity index (χ1n) is 5.42. The van der Waals surface area contributed by atoms with Crippen molar-refractivity contribution in [2.75, 3.05) is 13.1 Å². The van der Waals surface area contributed by atoms with Gasteiger partial charge < -0.3 is 4.90 Å². The normalized spacial score (nSPS) is 23.7. The average Bonchev–Trinajstić information content (AvgIpc) is 2.83. The molecule has 2 aliphatic rings. The van der Waals surface area contributed by atoms with Gasteiger partial charge in [0.15, 0.2) is 0 Å². The second kappa shape index (κ2) is 3.31. The molecule has 84 valence electrons. The average molecular weight is 236 g/mol. The number of urea groups is 1. The SMILES string of the molecule is CCN1C(=O)C2c3ccsc3CCN2C1=O. The molecule has 1 saturated heterocycles. The molecule has 4 nitrogen and oxygen atoms in total. The van der Waals surface area contributed by atoms with Crippen LogP contribution in [0.15, 0.2) is 11.4 Å². The Morgan fingerprint density at radius 2 is 2.31 bits per heavy atom. The molecule has 1 fully saturated rings. The molecule has 1 atom stereocenters. The van der Waals surface area contributed by atoms with E-state index in [0.717, 1.165) is 12.0 Å². The zero-order valence-electron chi connectivity index (χ0n) is 8.97. The van der Waals surface area contributed by atoms with Crippen LogP contribution >= 0.6 is 11.3 Å². The first-order valence-corrected chi connectivity index (χ1v) is 6.30. The predicted molar refractivity (Wildman–Crippen MR) is 60.3 cm³/mol. The summed E-state index contributed by atoms with van der Waals surface area (Å²) in [5, 5.41) is 2.00. The lowest BCUT2D eigenvalue weighted by atomic mass is 10.0. The smallest absolute Gasteiger partial charge is 0.308 e. The van der Waals surface area contributed by atoms with Crippen molar-refractivity contribution in [2.24, 2.45) is 0 Å². The van der Waals surface area contributed by atoms with Crippen LogP contribution in [0.3, 0.4) is 0 Å². The lowest BCUT2D eigenvalue weighted by Gasteiger charge is -2.26. The number of fused-ring (bicyclic) bond motifs is 3. The largest absolute Gasteiger partial charge is 0.327 e. The van der Waals surface area contributed by atoms with Crippen molar-refractivity contribution in [1.82, 2.24) is 9.80 Å². The molecular weight excluding hydrogens is 224 g/mol. The Morgan fingerprint density at radius 1 is 1.50 bits per heavy atom. The van der Waals surface area contributed by atoms with Gasteiger partial charge >= 0.3 is 6.03 Å². The molecule has 0 saturated carbocycles. The van der Waals surface area contributed by atoms with Crippen molar-refractivity contribution < 1.29 is 9.59 Å². The molecule has 16 heavy (non-hydrogen) atoms. The number of amides is 3. The Bertz CT molecular complexity index is 468. The van der Waals surface area contributed by atoms with E-state index in [1.165, 1.54) is 9.78 Å². The van der Waals surface area contributed by atoms with Crippen molar-refractivity contribution in [3.63, 3.8) is 0 Å². The molecule has 3 heterocycles. The maximum absolute atomic E-state index is 12.1. The number of thiophene rings is 1. The Hall–Kier alpha value is -1.36. The van der Waals surface area contributed by atoms with E-state index in [0.29, 0.717) is 13.1 Å². The molecule has 0 spiro atoms. The summed E-state index contributed by atoms with van der Waals surface area (Å²) < 4.78 is 0. The summed E-state index contributed by atoms with van der Waals surface area (Å²) >= 11 is 1.68. The Labute approximate surface area is 97.5 Å². The zero-order chi connectivity index (χ0) is 11.3. The van der Waals surface area contributed by atoms with E-state index in [-0.39, 0.29) is 18.0 Å². The summed E-state index contributed by atoms with van der Waals surface area (Å²) in [5.74, 6) is -0.0631. The first kappa shape index (κ1) is 9.84. The van der Waals surface area contributed by atoms with E-state index in [4.69, 9.17) is 0 Å². The van der Waals surface area contributed by atoms with Gasteiger partial charge in [-0.15, -0.1) is 11.3 Å². The Morgan fingerprint density at radius 3 is 3.06 bits per heavy atom. The van der Waals surface area contributed by atoms with Gasteiger partial charge in [0, 0.05) is 18.0 Å². The summed E-state index contributed by atoms with van der Waals surface area (Å²) in [4.78, 5) is 28.3. The van der Waals surface area contributed by atoms with E-state index >= 15 is 0 Å². The summed E-state index contributed by atoms with van der Waals surface area (Å²) in [6, 6.07) is 1.50. The van der Waals surface area contributed by atoms with Gasteiger partial charge in [-0.3, -0.25) is 9.69 Å². The number of hydrogen-bond acceptors (Lipinski definition) is 3. The van der Waals surface area contributed by atoms with E-state index < -0.39 is 0 Å². The molecular formula is C11H12N2O2S. The van der Waals surface area contributed by atoms with Gasteiger partial charge in [-0.05, 0) is 30.4 Å². The van der Waals surface area contributed by atoms with Crippen LogP contribution in [-0.4, -0.2) is 34.8 Å². The van der Waals surface area contributed by atoms with Crippen LogP contribution in [0.2, 0.25) is 0 Å². The second-order valence-electron chi connectivity index (χ2n) is 4.01. The molecule has 0 aromatic carbocycles. The highest BCUT2D eigenvalue weighted by molar-refractivity contribution is 7.10. The van der Waals surface area contributed by atoms with Crippen molar-refractivity contribution in [2.45, 2.75) is 19.4 Å².